The van der Waals surface area contributed by atoms with Crippen LogP contribution >= 0.6 is 0 Å². The van der Waals surface area contributed by atoms with Gasteiger partial charge in [0.15, 0.2) is 0 Å². The quantitative estimate of drug-likeness (QED) is 0.906. The molecule has 0 spiro atoms. The maximum Gasteiger partial charge on any atom is 0.129 e. The van der Waals surface area contributed by atoms with Crippen molar-refractivity contribution < 1.29 is 5.11 Å². The first kappa shape index (κ1) is 16.0. The number of hydrogen-bond acceptors (Lipinski definition) is 4. The zero-order chi connectivity index (χ0) is 16.6. The van der Waals surface area contributed by atoms with Gasteiger partial charge in [-0.05, 0) is 59.1 Å². The molecular weight excluding hydrogens is 288 g/mol. The lowest BCUT2D eigenvalue weighted by atomic mass is 10.0. The molecule has 2 heterocycles. The summed E-state index contributed by atoms with van der Waals surface area (Å²) >= 11 is 0. The molecule has 0 amide bonds. The van der Waals surface area contributed by atoms with Gasteiger partial charge in [-0.3, -0.25) is 4.98 Å². The topological polar surface area (TPSA) is 63.0 Å². The highest BCUT2D eigenvalue weighted by molar-refractivity contribution is 5.59. The molecule has 2 aromatic rings. The average molecular weight is 314 g/mol. The van der Waals surface area contributed by atoms with Gasteiger partial charge in [0.1, 0.15) is 5.82 Å². The highest BCUT2D eigenvalue weighted by Gasteiger charge is 2.29. The predicted molar refractivity (Wildman–Crippen MR) is 92.1 cm³/mol. The van der Waals surface area contributed by atoms with E-state index in [4.69, 9.17) is 5.10 Å². The summed E-state index contributed by atoms with van der Waals surface area (Å²) in [5.41, 5.74) is 2.91. The first-order chi connectivity index (χ1) is 10.8. The van der Waals surface area contributed by atoms with E-state index in [1.54, 1.807) is 6.20 Å². The smallest absolute Gasteiger partial charge is 0.129 e. The lowest BCUT2D eigenvalue weighted by molar-refractivity contribution is 0.181. The molecule has 2 N–H and O–H groups in total. The van der Waals surface area contributed by atoms with Crippen molar-refractivity contribution in [3.8, 4) is 0 Å². The highest BCUT2D eigenvalue weighted by atomic mass is 16.3. The van der Waals surface area contributed by atoms with E-state index in [-0.39, 0.29) is 11.6 Å². The number of aryl methyl sites for hydroxylation is 1. The fraction of sp³-hybridized carbons (Fsp3) is 0.556. The van der Waals surface area contributed by atoms with Crippen LogP contribution in [0.5, 0.6) is 0 Å². The Kier molecular flexibility index (Phi) is 4.15. The molecule has 3 rings (SSSR count). The Bertz CT molecular complexity index is 687. The molecule has 1 aliphatic rings. The van der Waals surface area contributed by atoms with Gasteiger partial charge < -0.3 is 10.4 Å². The molecule has 2 atom stereocenters. The highest BCUT2D eigenvalue weighted by Crippen LogP contribution is 2.36. The van der Waals surface area contributed by atoms with E-state index in [9.17, 15) is 5.11 Å². The summed E-state index contributed by atoms with van der Waals surface area (Å²) < 4.78 is 2.04. The number of nitrogens with one attached hydrogen (secondary N) is 1. The monoisotopic (exact) mass is 314 g/mol. The van der Waals surface area contributed by atoms with Gasteiger partial charge in [0, 0.05) is 18.2 Å². The number of rotatable bonds is 3. The number of anilines is 2. The maximum absolute atomic E-state index is 9.81. The summed E-state index contributed by atoms with van der Waals surface area (Å²) in [7, 11) is 0. The normalized spacial score (nSPS) is 21.6. The van der Waals surface area contributed by atoms with Gasteiger partial charge in [0.25, 0.3) is 0 Å². The van der Waals surface area contributed by atoms with Crippen molar-refractivity contribution in [1.29, 1.82) is 0 Å². The predicted octanol–water partition coefficient (Wildman–Crippen LogP) is 3.71. The molecule has 0 saturated heterocycles. The Balaban J connectivity index is 1.94. The van der Waals surface area contributed by atoms with Crippen LogP contribution in [0.4, 0.5) is 11.5 Å². The van der Waals surface area contributed by atoms with E-state index in [0.717, 1.165) is 42.2 Å². The van der Waals surface area contributed by atoms with Crippen molar-refractivity contribution in [1.82, 2.24) is 14.8 Å². The second-order valence-electron chi connectivity index (χ2n) is 7.46. The fourth-order valence-corrected chi connectivity index (χ4v) is 3.18. The van der Waals surface area contributed by atoms with Crippen LogP contribution in [0.15, 0.2) is 24.4 Å². The molecule has 5 nitrogen and oxygen atoms in total. The molecule has 0 radical (unpaired) electrons. The van der Waals surface area contributed by atoms with Gasteiger partial charge in [-0.15, -0.1) is 0 Å². The van der Waals surface area contributed by atoms with Crippen LogP contribution in [0.2, 0.25) is 0 Å². The van der Waals surface area contributed by atoms with Crippen molar-refractivity contribution in [2.24, 2.45) is 0 Å². The van der Waals surface area contributed by atoms with Crippen LogP contribution in [-0.4, -0.2) is 26.0 Å². The average Bonchev–Trinajstić information content (AvgIpc) is 3.07. The number of pyridine rings is 1. The lowest BCUT2D eigenvalue weighted by Crippen LogP contribution is -2.25. The van der Waals surface area contributed by atoms with Crippen LogP contribution in [0.25, 0.3) is 0 Å². The van der Waals surface area contributed by atoms with Gasteiger partial charge in [-0.25, -0.2) is 4.68 Å². The van der Waals surface area contributed by atoms with Crippen molar-refractivity contribution in [3.05, 3.63) is 35.8 Å². The molecule has 1 unspecified atom stereocenters. The molecule has 0 aromatic carbocycles. The summed E-state index contributed by atoms with van der Waals surface area (Å²) in [5, 5.41) is 18.1. The first-order valence-corrected chi connectivity index (χ1v) is 8.32. The van der Waals surface area contributed by atoms with E-state index in [2.05, 4.69) is 37.1 Å². The Morgan fingerprint density at radius 3 is 2.70 bits per heavy atom. The first-order valence-electron chi connectivity index (χ1n) is 8.32. The standard InChI is InChI=1S/C18H26N4O/c1-12-15(6-5-9-19-12)20-17-11-16(13-7-8-14(23)10-13)21-22(17)18(2,3)4/h5-6,9,11,13-14,20,23H,7-8,10H2,1-4H3/t13?,14-/m0/s1. The summed E-state index contributed by atoms with van der Waals surface area (Å²) in [4.78, 5) is 4.34. The van der Waals surface area contributed by atoms with Crippen LogP contribution in [0.3, 0.4) is 0 Å². The maximum atomic E-state index is 9.81. The fourth-order valence-electron chi connectivity index (χ4n) is 3.18. The van der Waals surface area contributed by atoms with Crippen molar-refractivity contribution in [2.45, 2.75) is 64.5 Å². The molecule has 0 aliphatic heterocycles. The van der Waals surface area contributed by atoms with Gasteiger partial charge >= 0.3 is 0 Å². The third-order valence-electron chi connectivity index (χ3n) is 4.46. The summed E-state index contributed by atoms with van der Waals surface area (Å²) in [6.07, 6.45) is 4.31. The molecule has 124 valence electrons. The number of aliphatic hydroxyl groups excluding tert-OH is 1. The molecule has 1 saturated carbocycles. The molecule has 1 fully saturated rings. The second-order valence-corrected chi connectivity index (χ2v) is 7.46. The van der Waals surface area contributed by atoms with Crippen molar-refractivity contribution in [2.75, 3.05) is 5.32 Å². The van der Waals surface area contributed by atoms with E-state index in [1.165, 1.54) is 0 Å². The van der Waals surface area contributed by atoms with Gasteiger partial charge in [-0.2, -0.15) is 5.10 Å². The molecular formula is C18H26N4O. The number of hydrogen-bond donors (Lipinski definition) is 2. The van der Waals surface area contributed by atoms with E-state index < -0.39 is 0 Å². The molecule has 1 aliphatic carbocycles. The summed E-state index contributed by atoms with van der Waals surface area (Å²) in [6, 6.07) is 6.09. The summed E-state index contributed by atoms with van der Waals surface area (Å²) in [6.45, 7) is 8.44. The van der Waals surface area contributed by atoms with E-state index in [1.807, 2.05) is 23.7 Å². The minimum atomic E-state index is -0.184. The SMILES string of the molecule is Cc1ncccc1Nc1cc(C2CC[C@H](O)C2)nn1C(C)(C)C. The minimum Gasteiger partial charge on any atom is -0.393 e. The number of aliphatic hydroxyl groups is 1. The van der Waals surface area contributed by atoms with Gasteiger partial charge in [0.2, 0.25) is 0 Å². The zero-order valence-corrected chi connectivity index (χ0v) is 14.4. The minimum absolute atomic E-state index is 0.117. The van der Waals surface area contributed by atoms with Crippen LogP contribution in [-0.2, 0) is 5.54 Å². The van der Waals surface area contributed by atoms with E-state index in [0.29, 0.717) is 5.92 Å². The van der Waals surface area contributed by atoms with Crippen LogP contribution < -0.4 is 5.32 Å². The van der Waals surface area contributed by atoms with E-state index >= 15 is 0 Å². The van der Waals surface area contributed by atoms with Crippen molar-refractivity contribution in [3.63, 3.8) is 0 Å². The van der Waals surface area contributed by atoms with Crippen molar-refractivity contribution >= 4 is 11.5 Å². The van der Waals surface area contributed by atoms with Crippen LogP contribution in [0.1, 0.15) is 57.3 Å². The summed E-state index contributed by atoms with van der Waals surface area (Å²) in [5.74, 6) is 1.33. The number of aromatic nitrogens is 3. The van der Waals surface area contributed by atoms with Gasteiger partial charge in [0.05, 0.1) is 28.7 Å². The third-order valence-corrected chi connectivity index (χ3v) is 4.46. The Labute approximate surface area is 137 Å². The second kappa shape index (κ2) is 5.96. The molecule has 5 heteroatoms. The largest absolute Gasteiger partial charge is 0.393 e. The number of nitrogens with zero attached hydrogens (tertiary/aromatic N) is 3. The zero-order valence-electron chi connectivity index (χ0n) is 14.4. The lowest BCUT2D eigenvalue weighted by Gasteiger charge is -2.23. The molecule has 2 aromatic heterocycles. The Morgan fingerprint density at radius 1 is 1.30 bits per heavy atom. The molecule has 0 bridgehead atoms. The Morgan fingerprint density at radius 2 is 2.09 bits per heavy atom. The van der Waals surface area contributed by atoms with Crippen LogP contribution in [0, 0.1) is 6.92 Å². The Hall–Kier alpha value is -1.88. The molecule has 23 heavy (non-hydrogen) atoms. The third kappa shape index (κ3) is 3.39. The van der Waals surface area contributed by atoms with Gasteiger partial charge in [-0.1, -0.05) is 0 Å².